The number of hydrogen-bond acceptors (Lipinski definition) is 5. The van der Waals surface area contributed by atoms with Gasteiger partial charge in [-0.2, -0.15) is 0 Å². The van der Waals surface area contributed by atoms with Crippen molar-refractivity contribution in [1.29, 1.82) is 0 Å². The first-order valence-electron chi connectivity index (χ1n) is 12.2. The lowest BCUT2D eigenvalue weighted by Crippen LogP contribution is -2.07. The molecule has 0 unspecified atom stereocenters. The van der Waals surface area contributed by atoms with Gasteiger partial charge in [0.1, 0.15) is 29.7 Å². The molecule has 0 saturated carbocycles. The van der Waals surface area contributed by atoms with Crippen LogP contribution in [0.3, 0.4) is 0 Å². The van der Waals surface area contributed by atoms with Crippen LogP contribution in [-0.4, -0.2) is 11.9 Å². The van der Waals surface area contributed by atoms with Crippen molar-refractivity contribution in [3.8, 4) is 39.5 Å². The Morgan fingerprint density at radius 1 is 0.641 bits per heavy atom. The first-order valence-corrected chi connectivity index (χ1v) is 12.2. The third-order valence-corrected chi connectivity index (χ3v) is 5.76. The monoisotopic (exact) mass is 522 g/mol. The van der Waals surface area contributed by atoms with Gasteiger partial charge in [0.2, 0.25) is 0 Å². The van der Waals surface area contributed by atoms with Crippen molar-refractivity contribution in [3.63, 3.8) is 0 Å². The van der Waals surface area contributed by atoms with Gasteiger partial charge in [0.25, 0.3) is 0 Å². The van der Waals surface area contributed by atoms with Gasteiger partial charge < -0.3 is 14.2 Å². The fourth-order valence-corrected chi connectivity index (χ4v) is 3.60. The molecule has 0 heterocycles. The van der Waals surface area contributed by atoms with Gasteiger partial charge in [-0.15, -0.1) is 0 Å². The molecule has 0 atom stereocenters. The molecule has 0 aromatic heterocycles. The topological polar surface area (TPSA) is 61.8 Å². The number of carbonyl (C=O) groups excluding carboxylic acids is 2. The SMILES string of the molecule is C=C(C)C(=O)Oc1ccc(-c2ccc(OCc3ccc(-c4ccc(OC(=O)C(=C)C)cc4)c(F)c3)cc2)cc1. The number of rotatable bonds is 9. The van der Waals surface area contributed by atoms with Crippen molar-refractivity contribution < 1.29 is 28.2 Å². The van der Waals surface area contributed by atoms with E-state index in [-0.39, 0.29) is 12.4 Å². The fraction of sp³-hybridized carbons (Fsp3) is 0.0909. The summed E-state index contributed by atoms with van der Waals surface area (Å²) in [6.45, 7) is 10.5. The normalized spacial score (nSPS) is 10.4. The molecular weight excluding hydrogens is 495 g/mol. The van der Waals surface area contributed by atoms with E-state index in [1.807, 2.05) is 42.5 Å². The number of hydrogen-bond donors (Lipinski definition) is 0. The Bertz CT molecular complexity index is 1520. The van der Waals surface area contributed by atoms with Crippen molar-refractivity contribution in [2.24, 2.45) is 0 Å². The van der Waals surface area contributed by atoms with Gasteiger partial charge in [-0.05, 0) is 78.6 Å². The van der Waals surface area contributed by atoms with Crippen molar-refractivity contribution >= 4 is 11.9 Å². The summed E-state index contributed by atoms with van der Waals surface area (Å²) in [6.07, 6.45) is 0. The molecule has 6 heteroatoms. The number of ether oxygens (including phenoxy) is 3. The fourth-order valence-electron chi connectivity index (χ4n) is 3.60. The van der Waals surface area contributed by atoms with Gasteiger partial charge in [-0.25, -0.2) is 14.0 Å². The maximum atomic E-state index is 14.9. The maximum Gasteiger partial charge on any atom is 0.338 e. The second-order valence-corrected chi connectivity index (χ2v) is 9.02. The van der Waals surface area contributed by atoms with Crippen LogP contribution >= 0.6 is 0 Å². The molecule has 5 nitrogen and oxygen atoms in total. The predicted octanol–water partition coefficient (Wildman–Crippen LogP) is 7.70. The largest absolute Gasteiger partial charge is 0.489 e. The lowest BCUT2D eigenvalue weighted by Gasteiger charge is -2.10. The van der Waals surface area contributed by atoms with E-state index in [4.69, 9.17) is 14.2 Å². The molecule has 0 bridgehead atoms. The Morgan fingerprint density at radius 2 is 1.08 bits per heavy atom. The second kappa shape index (κ2) is 12.0. The van der Waals surface area contributed by atoms with Crippen molar-refractivity contribution in [1.82, 2.24) is 0 Å². The van der Waals surface area contributed by atoms with Crippen LogP contribution in [0, 0.1) is 5.82 Å². The molecule has 0 aliphatic heterocycles. The van der Waals surface area contributed by atoms with Crippen LogP contribution in [0.5, 0.6) is 17.2 Å². The molecule has 4 rings (SSSR count). The van der Waals surface area contributed by atoms with E-state index in [1.54, 1.807) is 56.3 Å². The molecular formula is C33H27FO5. The summed E-state index contributed by atoms with van der Waals surface area (Å²) < 4.78 is 31.1. The molecule has 0 saturated heterocycles. The van der Waals surface area contributed by atoms with Gasteiger partial charge in [-0.3, -0.25) is 0 Å². The summed E-state index contributed by atoms with van der Waals surface area (Å²) in [5.41, 5.74) is 4.34. The zero-order valence-corrected chi connectivity index (χ0v) is 21.7. The highest BCUT2D eigenvalue weighted by molar-refractivity contribution is 5.89. The number of carbonyl (C=O) groups is 2. The highest BCUT2D eigenvalue weighted by Crippen LogP contribution is 2.28. The minimum atomic E-state index is -0.509. The third-order valence-electron chi connectivity index (χ3n) is 5.76. The Labute approximate surface area is 226 Å². The minimum absolute atomic E-state index is 0.203. The quantitative estimate of drug-likeness (QED) is 0.128. The summed E-state index contributed by atoms with van der Waals surface area (Å²) >= 11 is 0. The van der Waals surface area contributed by atoms with Crippen molar-refractivity contribution in [2.75, 3.05) is 0 Å². The zero-order chi connectivity index (χ0) is 27.9. The van der Waals surface area contributed by atoms with Crippen LogP contribution < -0.4 is 14.2 Å². The molecule has 0 spiro atoms. The average Bonchev–Trinajstić information content (AvgIpc) is 2.93. The van der Waals surface area contributed by atoms with Crippen LogP contribution in [0.1, 0.15) is 19.4 Å². The number of esters is 2. The summed E-state index contributed by atoms with van der Waals surface area (Å²) in [5, 5.41) is 0. The van der Waals surface area contributed by atoms with Crippen LogP contribution in [0.15, 0.2) is 115 Å². The van der Waals surface area contributed by atoms with E-state index in [0.29, 0.717) is 45.1 Å². The number of halogens is 1. The molecule has 0 radical (unpaired) electrons. The first kappa shape index (κ1) is 27.1. The Balaban J connectivity index is 1.35. The second-order valence-electron chi connectivity index (χ2n) is 9.02. The lowest BCUT2D eigenvalue weighted by atomic mass is 10.0. The zero-order valence-electron chi connectivity index (χ0n) is 21.7. The molecule has 39 heavy (non-hydrogen) atoms. The van der Waals surface area contributed by atoms with Gasteiger partial charge in [-0.1, -0.05) is 61.7 Å². The number of benzene rings is 4. The van der Waals surface area contributed by atoms with E-state index < -0.39 is 11.9 Å². The van der Waals surface area contributed by atoms with Crippen LogP contribution in [0.4, 0.5) is 4.39 Å². The summed E-state index contributed by atoms with van der Waals surface area (Å²) in [5.74, 6) is 0.114. The lowest BCUT2D eigenvalue weighted by molar-refractivity contribution is -0.130. The van der Waals surface area contributed by atoms with E-state index >= 15 is 0 Å². The Morgan fingerprint density at radius 3 is 1.51 bits per heavy atom. The molecule has 0 fully saturated rings. The molecule has 0 N–H and O–H groups in total. The smallest absolute Gasteiger partial charge is 0.338 e. The highest BCUT2D eigenvalue weighted by Gasteiger charge is 2.10. The van der Waals surface area contributed by atoms with Crippen molar-refractivity contribution in [2.45, 2.75) is 20.5 Å². The summed E-state index contributed by atoms with van der Waals surface area (Å²) in [6, 6.07) is 26.3. The molecule has 4 aromatic rings. The van der Waals surface area contributed by atoms with Crippen LogP contribution in [-0.2, 0) is 16.2 Å². The van der Waals surface area contributed by atoms with Gasteiger partial charge in [0, 0.05) is 16.7 Å². The van der Waals surface area contributed by atoms with Crippen LogP contribution in [0.25, 0.3) is 22.3 Å². The third kappa shape index (κ3) is 7.08. The van der Waals surface area contributed by atoms with Crippen molar-refractivity contribution in [3.05, 3.63) is 127 Å². The maximum absolute atomic E-state index is 14.9. The Kier molecular flexibility index (Phi) is 8.37. The Hall–Kier alpha value is -4.97. The summed E-state index contributed by atoms with van der Waals surface area (Å²) in [7, 11) is 0. The summed E-state index contributed by atoms with van der Waals surface area (Å²) in [4.78, 5) is 23.3. The minimum Gasteiger partial charge on any atom is -0.489 e. The van der Waals surface area contributed by atoms with E-state index in [2.05, 4.69) is 13.2 Å². The van der Waals surface area contributed by atoms with Gasteiger partial charge >= 0.3 is 11.9 Å². The molecule has 0 amide bonds. The first-order chi connectivity index (χ1) is 18.7. The highest BCUT2D eigenvalue weighted by atomic mass is 19.1. The molecule has 0 aliphatic carbocycles. The van der Waals surface area contributed by atoms with Gasteiger partial charge in [0.05, 0.1) is 0 Å². The van der Waals surface area contributed by atoms with E-state index in [0.717, 1.165) is 11.1 Å². The standard InChI is InChI=1S/C33H27FO5/c1-21(2)32(35)38-28-14-8-25(9-15-28)24-6-12-27(13-7-24)37-20-23-5-18-30(31(34)19-23)26-10-16-29(17-11-26)39-33(36)22(3)4/h5-19H,1,3,20H2,2,4H3. The average molecular weight is 523 g/mol. The molecule has 0 aliphatic rings. The van der Waals surface area contributed by atoms with E-state index in [9.17, 15) is 14.0 Å². The van der Waals surface area contributed by atoms with Gasteiger partial charge in [0.15, 0.2) is 0 Å². The molecule has 4 aromatic carbocycles. The molecule has 196 valence electrons. The van der Waals surface area contributed by atoms with Crippen LogP contribution in [0.2, 0.25) is 0 Å². The van der Waals surface area contributed by atoms with E-state index in [1.165, 1.54) is 6.07 Å². The predicted molar refractivity (Wildman–Crippen MR) is 149 cm³/mol.